The van der Waals surface area contributed by atoms with Gasteiger partial charge in [0.2, 0.25) is 0 Å². The van der Waals surface area contributed by atoms with Crippen molar-refractivity contribution in [3.63, 3.8) is 0 Å². The van der Waals surface area contributed by atoms with E-state index in [4.69, 9.17) is 0 Å². The van der Waals surface area contributed by atoms with Gasteiger partial charge in [0.25, 0.3) is 0 Å². The highest BCUT2D eigenvalue weighted by molar-refractivity contribution is 5.81. The van der Waals surface area contributed by atoms with Crippen LogP contribution in [0.1, 0.15) is 25.7 Å². The van der Waals surface area contributed by atoms with E-state index in [1.807, 2.05) is 0 Å². The highest BCUT2D eigenvalue weighted by Crippen LogP contribution is 2.37. The number of ketones is 1. The maximum atomic E-state index is 11.0. The van der Waals surface area contributed by atoms with Gasteiger partial charge in [-0.05, 0) is 24.7 Å². The molecule has 0 radical (unpaired) electrons. The molecule has 1 fully saturated rings. The van der Waals surface area contributed by atoms with Gasteiger partial charge in [0.1, 0.15) is 5.78 Å². The average molecular weight is 136 g/mol. The predicted molar refractivity (Wildman–Crippen MR) is 39.6 cm³/mol. The molecule has 2 atom stereocenters. The zero-order valence-electron chi connectivity index (χ0n) is 6.05. The molecule has 0 aromatic heterocycles. The van der Waals surface area contributed by atoms with Gasteiger partial charge in [0.05, 0.1) is 0 Å². The van der Waals surface area contributed by atoms with E-state index in [0.29, 0.717) is 17.6 Å². The van der Waals surface area contributed by atoms with Crippen LogP contribution in [0, 0.1) is 11.8 Å². The number of allylic oxidation sites excluding steroid dienone is 2. The van der Waals surface area contributed by atoms with Crippen molar-refractivity contribution in [1.82, 2.24) is 0 Å². The Balaban J connectivity index is 2.11. The third-order valence-corrected chi connectivity index (χ3v) is 2.69. The molecule has 0 heterocycles. The molecule has 2 aliphatic carbocycles. The number of fused-ring (bicyclic) bond motifs is 1. The van der Waals surface area contributed by atoms with Crippen LogP contribution < -0.4 is 0 Å². The van der Waals surface area contributed by atoms with E-state index in [1.54, 1.807) is 0 Å². The predicted octanol–water partition coefficient (Wildman–Crippen LogP) is 1.93. The standard InChI is InChI=1S/C9H12O/c10-9-5-7-3-1-2-4-8(7)6-9/h1-2,7-8H,3-6H2/t7-,8-/m1/s1. The summed E-state index contributed by atoms with van der Waals surface area (Å²) in [4.78, 5) is 11.0. The third-order valence-electron chi connectivity index (χ3n) is 2.69. The molecular formula is C9H12O. The topological polar surface area (TPSA) is 17.1 Å². The first-order valence-electron chi connectivity index (χ1n) is 4.03. The Morgan fingerprint density at radius 3 is 2.10 bits per heavy atom. The van der Waals surface area contributed by atoms with E-state index in [-0.39, 0.29) is 0 Å². The van der Waals surface area contributed by atoms with Crippen LogP contribution in [0.25, 0.3) is 0 Å². The number of rotatable bonds is 0. The lowest BCUT2D eigenvalue weighted by atomic mass is 9.86. The van der Waals surface area contributed by atoms with Crippen LogP contribution in [-0.2, 0) is 4.79 Å². The van der Waals surface area contributed by atoms with E-state index >= 15 is 0 Å². The number of carbonyl (C=O) groups excluding carboxylic acids is 1. The summed E-state index contributed by atoms with van der Waals surface area (Å²) in [5.74, 6) is 1.90. The van der Waals surface area contributed by atoms with Gasteiger partial charge in [-0.2, -0.15) is 0 Å². The number of hydrogen-bond acceptors (Lipinski definition) is 1. The van der Waals surface area contributed by atoms with E-state index in [1.165, 1.54) is 0 Å². The molecule has 0 spiro atoms. The summed E-state index contributed by atoms with van der Waals surface area (Å²) in [7, 11) is 0. The van der Waals surface area contributed by atoms with Crippen molar-refractivity contribution >= 4 is 5.78 Å². The van der Waals surface area contributed by atoms with Crippen molar-refractivity contribution < 1.29 is 4.79 Å². The molecule has 0 unspecified atom stereocenters. The summed E-state index contributed by atoms with van der Waals surface area (Å²) in [5.41, 5.74) is 0. The normalized spacial score (nSPS) is 38.2. The maximum absolute atomic E-state index is 11.0. The summed E-state index contributed by atoms with van der Waals surface area (Å²) >= 11 is 0. The van der Waals surface area contributed by atoms with Crippen LogP contribution in [0.4, 0.5) is 0 Å². The number of Topliss-reactive ketones (excluding diaryl/α,β-unsaturated/α-hetero) is 1. The van der Waals surface area contributed by atoms with Crippen molar-refractivity contribution in [2.75, 3.05) is 0 Å². The Labute approximate surface area is 61.1 Å². The molecule has 10 heavy (non-hydrogen) atoms. The van der Waals surface area contributed by atoms with Gasteiger partial charge in [-0.3, -0.25) is 4.79 Å². The second-order valence-corrected chi connectivity index (χ2v) is 3.41. The zero-order chi connectivity index (χ0) is 6.97. The minimum Gasteiger partial charge on any atom is -0.300 e. The van der Waals surface area contributed by atoms with Gasteiger partial charge >= 0.3 is 0 Å². The van der Waals surface area contributed by atoms with Gasteiger partial charge < -0.3 is 0 Å². The second kappa shape index (κ2) is 2.22. The molecular weight excluding hydrogens is 124 g/mol. The lowest BCUT2D eigenvalue weighted by molar-refractivity contribution is -0.117. The first kappa shape index (κ1) is 6.14. The number of carbonyl (C=O) groups is 1. The lowest BCUT2D eigenvalue weighted by Gasteiger charge is -2.18. The van der Waals surface area contributed by atoms with E-state index in [2.05, 4.69) is 12.2 Å². The van der Waals surface area contributed by atoms with Crippen LogP contribution in [0.2, 0.25) is 0 Å². The average Bonchev–Trinajstić information content (AvgIpc) is 2.27. The van der Waals surface area contributed by atoms with Gasteiger partial charge in [-0.1, -0.05) is 12.2 Å². The van der Waals surface area contributed by atoms with Crippen molar-refractivity contribution in [1.29, 1.82) is 0 Å². The largest absolute Gasteiger partial charge is 0.300 e. The monoisotopic (exact) mass is 136 g/mol. The summed E-state index contributed by atoms with van der Waals surface area (Å²) < 4.78 is 0. The van der Waals surface area contributed by atoms with Gasteiger partial charge in [-0.25, -0.2) is 0 Å². The Bertz CT molecular complexity index is 163. The molecule has 1 heteroatoms. The van der Waals surface area contributed by atoms with E-state index in [9.17, 15) is 4.79 Å². The fraction of sp³-hybridized carbons (Fsp3) is 0.667. The minimum absolute atomic E-state index is 0.485. The second-order valence-electron chi connectivity index (χ2n) is 3.41. The highest BCUT2D eigenvalue weighted by atomic mass is 16.1. The van der Waals surface area contributed by atoms with Crippen LogP contribution in [-0.4, -0.2) is 5.78 Å². The van der Waals surface area contributed by atoms with Gasteiger partial charge in [0, 0.05) is 12.8 Å². The lowest BCUT2D eigenvalue weighted by Crippen LogP contribution is -2.08. The third kappa shape index (κ3) is 0.898. The minimum atomic E-state index is 0.485. The van der Waals surface area contributed by atoms with Crippen molar-refractivity contribution in [3.8, 4) is 0 Å². The molecule has 0 aliphatic heterocycles. The Morgan fingerprint density at radius 2 is 1.60 bits per heavy atom. The van der Waals surface area contributed by atoms with Crippen LogP contribution in [0.15, 0.2) is 12.2 Å². The molecule has 2 rings (SSSR count). The fourth-order valence-electron chi connectivity index (χ4n) is 2.10. The fourth-order valence-corrected chi connectivity index (χ4v) is 2.10. The van der Waals surface area contributed by atoms with Crippen molar-refractivity contribution in [2.45, 2.75) is 25.7 Å². The quantitative estimate of drug-likeness (QED) is 0.465. The maximum Gasteiger partial charge on any atom is 0.133 e. The first-order valence-corrected chi connectivity index (χ1v) is 4.03. The smallest absolute Gasteiger partial charge is 0.133 e. The summed E-state index contributed by atoms with van der Waals surface area (Å²) in [5, 5.41) is 0. The highest BCUT2D eigenvalue weighted by Gasteiger charge is 2.32. The Morgan fingerprint density at radius 1 is 1.10 bits per heavy atom. The molecule has 0 aromatic rings. The Hall–Kier alpha value is -0.590. The molecule has 0 amide bonds. The molecule has 0 saturated heterocycles. The van der Waals surface area contributed by atoms with Crippen LogP contribution in [0.3, 0.4) is 0 Å². The molecule has 2 aliphatic rings. The van der Waals surface area contributed by atoms with Gasteiger partial charge in [0.15, 0.2) is 0 Å². The molecule has 0 bridgehead atoms. The Kier molecular flexibility index (Phi) is 1.37. The molecule has 1 nitrogen and oxygen atoms in total. The summed E-state index contributed by atoms with van der Waals surface area (Å²) in [6, 6.07) is 0. The van der Waals surface area contributed by atoms with Crippen molar-refractivity contribution in [2.24, 2.45) is 11.8 Å². The van der Waals surface area contributed by atoms with E-state index in [0.717, 1.165) is 25.7 Å². The molecule has 0 N–H and O–H groups in total. The van der Waals surface area contributed by atoms with Crippen molar-refractivity contribution in [3.05, 3.63) is 12.2 Å². The molecule has 54 valence electrons. The number of hydrogen-bond donors (Lipinski definition) is 0. The summed E-state index contributed by atoms with van der Waals surface area (Å²) in [6.07, 6.45) is 8.45. The first-order chi connectivity index (χ1) is 4.86. The van der Waals surface area contributed by atoms with Gasteiger partial charge in [-0.15, -0.1) is 0 Å². The molecule has 1 saturated carbocycles. The van der Waals surface area contributed by atoms with Crippen LogP contribution in [0.5, 0.6) is 0 Å². The summed E-state index contributed by atoms with van der Waals surface area (Å²) in [6.45, 7) is 0. The molecule has 0 aromatic carbocycles. The zero-order valence-corrected chi connectivity index (χ0v) is 6.05. The SMILES string of the molecule is O=C1C[C@H]2CC=CC[C@@H]2C1. The van der Waals surface area contributed by atoms with E-state index < -0.39 is 0 Å². The van der Waals surface area contributed by atoms with Crippen LogP contribution >= 0.6 is 0 Å².